The van der Waals surface area contributed by atoms with E-state index in [1.807, 2.05) is 20.8 Å². The van der Waals surface area contributed by atoms with E-state index in [-0.39, 0.29) is 22.5 Å². The van der Waals surface area contributed by atoms with Crippen molar-refractivity contribution in [3.63, 3.8) is 0 Å². The molecule has 0 saturated carbocycles. The first-order valence-electron chi connectivity index (χ1n) is 8.12. The Morgan fingerprint density at radius 3 is 2.04 bits per heavy atom. The largest absolute Gasteiger partial charge is 0.508 e. The fourth-order valence-electron chi connectivity index (χ4n) is 2.44. The third kappa shape index (κ3) is 5.06. The number of rotatable bonds is 6. The average Bonchev–Trinajstić information content (AvgIpc) is 2.55. The number of benzene rings is 2. The van der Waals surface area contributed by atoms with Gasteiger partial charge in [0, 0.05) is 0 Å². The summed E-state index contributed by atoms with van der Waals surface area (Å²) in [6.07, 6.45) is -0.0328. The molecule has 7 heteroatoms. The smallest absolute Gasteiger partial charge is 0.322 e. The molecule has 3 N–H and O–H groups in total. The predicted molar refractivity (Wildman–Crippen MR) is 98.7 cm³/mol. The molecule has 0 saturated heterocycles. The summed E-state index contributed by atoms with van der Waals surface area (Å²) in [4.78, 5) is 11.5. The molecular weight excluding hydrogens is 354 g/mol. The van der Waals surface area contributed by atoms with Crippen LogP contribution in [0.2, 0.25) is 0 Å². The number of nitrogens with one attached hydrogen (secondary N) is 1. The van der Waals surface area contributed by atoms with E-state index in [1.54, 1.807) is 24.3 Å². The number of carboxylic acids is 1. The van der Waals surface area contributed by atoms with Crippen LogP contribution in [0.4, 0.5) is 0 Å². The lowest BCUT2D eigenvalue weighted by molar-refractivity contribution is -0.138. The van der Waals surface area contributed by atoms with Crippen molar-refractivity contribution in [3.05, 3.63) is 59.7 Å². The molecule has 1 unspecified atom stereocenters. The normalized spacial score (nSPS) is 13.3. The van der Waals surface area contributed by atoms with Gasteiger partial charge in [-0.2, -0.15) is 4.72 Å². The standard InChI is InChI=1S/C19H23NO5S/c1-19(2,3)14-6-10-16(11-7-14)26(24,25)20-17(18(22)23)12-13-4-8-15(21)9-5-13/h4-11,17,20-21H,12H2,1-3H3,(H,22,23). The molecule has 0 aliphatic heterocycles. The van der Waals surface area contributed by atoms with Gasteiger partial charge in [-0.15, -0.1) is 0 Å². The minimum atomic E-state index is -3.98. The van der Waals surface area contributed by atoms with E-state index in [9.17, 15) is 23.4 Å². The van der Waals surface area contributed by atoms with Crippen LogP contribution in [-0.2, 0) is 26.7 Å². The highest BCUT2D eigenvalue weighted by molar-refractivity contribution is 7.89. The lowest BCUT2D eigenvalue weighted by atomic mass is 9.87. The number of phenols is 1. The number of aromatic hydroxyl groups is 1. The summed E-state index contributed by atoms with van der Waals surface area (Å²) in [5.74, 6) is -1.21. The van der Waals surface area contributed by atoms with E-state index >= 15 is 0 Å². The maximum absolute atomic E-state index is 12.5. The van der Waals surface area contributed by atoms with Gasteiger partial charge in [0.15, 0.2) is 0 Å². The van der Waals surface area contributed by atoms with Gasteiger partial charge in [-0.1, -0.05) is 45.0 Å². The Hall–Kier alpha value is -2.38. The minimum Gasteiger partial charge on any atom is -0.508 e. The monoisotopic (exact) mass is 377 g/mol. The van der Waals surface area contributed by atoms with Gasteiger partial charge in [0.05, 0.1) is 4.90 Å². The Morgan fingerprint density at radius 2 is 1.58 bits per heavy atom. The molecule has 6 nitrogen and oxygen atoms in total. The summed E-state index contributed by atoms with van der Waals surface area (Å²) < 4.78 is 27.3. The highest BCUT2D eigenvalue weighted by atomic mass is 32.2. The molecule has 140 valence electrons. The summed E-state index contributed by atoms with van der Waals surface area (Å²) in [6, 6.07) is 11.0. The molecule has 2 rings (SSSR count). The molecule has 0 aliphatic rings. The van der Waals surface area contributed by atoms with Gasteiger partial charge in [0.25, 0.3) is 0 Å². The summed E-state index contributed by atoms with van der Waals surface area (Å²) in [5, 5.41) is 18.7. The maximum Gasteiger partial charge on any atom is 0.322 e. The van der Waals surface area contributed by atoms with E-state index in [0.717, 1.165) is 5.56 Å². The first kappa shape index (κ1) is 19.9. The van der Waals surface area contributed by atoms with Crippen LogP contribution in [0.15, 0.2) is 53.4 Å². The number of hydrogen-bond acceptors (Lipinski definition) is 4. The minimum absolute atomic E-state index is 0.0162. The van der Waals surface area contributed by atoms with E-state index < -0.39 is 22.0 Å². The second kappa shape index (κ2) is 7.47. The van der Waals surface area contributed by atoms with Crippen LogP contribution in [0.5, 0.6) is 5.75 Å². The van der Waals surface area contributed by atoms with Crippen molar-refractivity contribution in [2.75, 3.05) is 0 Å². The highest BCUT2D eigenvalue weighted by Gasteiger charge is 2.26. The zero-order valence-electron chi connectivity index (χ0n) is 14.9. The van der Waals surface area contributed by atoms with E-state index in [4.69, 9.17) is 0 Å². The molecular formula is C19H23NO5S. The molecule has 2 aromatic carbocycles. The topological polar surface area (TPSA) is 104 Å². The van der Waals surface area contributed by atoms with Crippen LogP contribution in [0.25, 0.3) is 0 Å². The van der Waals surface area contributed by atoms with Gasteiger partial charge >= 0.3 is 5.97 Å². The molecule has 0 heterocycles. The second-order valence-electron chi connectivity index (χ2n) is 7.16. The predicted octanol–water partition coefficient (Wildman–Crippen LogP) is 2.66. The molecule has 0 amide bonds. The van der Waals surface area contributed by atoms with Gasteiger partial charge in [0.2, 0.25) is 10.0 Å². The third-order valence-electron chi connectivity index (χ3n) is 4.00. The highest BCUT2D eigenvalue weighted by Crippen LogP contribution is 2.23. The number of phenolic OH excluding ortho intramolecular Hbond substituents is 1. The molecule has 1 atom stereocenters. The Balaban J connectivity index is 2.21. The van der Waals surface area contributed by atoms with E-state index in [0.29, 0.717) is 5.56 Å². The van der Waals surface area contributed by atoms with Gasteiger partial charge in [-0.05, 0) is 47.2 Å². The number of carbonyl (C=O) groups is 1. The Morgan fingerprint density at radius 1 is 1.04 bits per heavy atom. The Kier molecular flexibility index (Phi) is 5.73. The van der Waals surface area contributed by atoms with Crippen LogP contribution >= 0.6 is 0 Å². The van der Waals surface area contributed by atoms with Gasteiger partial charge < -0.3 is 10.2 Å². The molecule has 0 aliphatic carbocycles. The number of aliphatic carboxylic acids is 1. The first-order valence-corrected chi connectivity index (χ1v) is 9.61. The molecule has 26 heavy (non-hydrogen) atoms. The lowest BCUT2D eigenvalue weighted by Crippen LogP contribution is -2.42. The summed E-state index contributed by atoms with van der Waals surface area (Å²) in [5.41, 5.74) is 1.47. The van der Waals surface area contributed by atoms with Crippen LogP contribution in [-0.4, -0.2) is 30.6 Å². The number of carboxylic acid groups (broad SMARTS) is 1. The molecule has 0 radical (unpaired) electrons. The van der Waals surface area contributed by atoms with Crippen molar-refractivity contribution in [2.45, 2.75) is 43.5 Å². The van der Waals surface area contributed by atoms with Gasteiger partial charge in [-0.25, -0.2) is 8.42 Å². The maximum atomic E-state index is 12.5. The number of hydrogen-bond donors (Lipinski definition) is 3. The average molecular weight is 377 g/mol. The number of sulfonamides is 1. The second-order valence-corrected chi connectivity index (χ2v) is 8.87. The van der Waals surface area contributed by atoms with Crippen LogP contribution in [0, 0.1) is 0 Å². The Bertz CT molecular complexity index is 866. The van der Waals surface area contributed by atoms with Crippen molar-refractivity contribution >= 4 is 16.0 Å². The van der Waals surface area contributed by atoms with Crippen molar-refractivity contribution in [1.29, 1.82) is 0 Å². The molecule has 0 fully saturated rings. The van der Waals surface area contributed by atoms with Crippen molar-refractivity contribution in [1.82, 2.24) is 4.72 Å². The van der Waals surface area contributed by atoms with E-state index in [1.165, 1.54) is 24.3 Å². The third-order valence-corrected chi connectivity index (χ3v) is 5.49. The lowest BCUT2D eigenvalue weighted by Gasteiger charge is -2.20. The van der Waals surface area contributed by atoms with Crippen molar-refractivity contribution in [3.8, 4) is 5.75 Å². The van der Waals surface area contributed by atoms with E-state index in [2.05, 4.69) is 4.72 Å². The zero-order valence-corrected chi connectivity index (χ0v) is 15.7. The fourth-order valence-corrected chi connectivity index (χ4v) is 3.63. The van der Waals surface area contributed by atoms with Crippen molar-refractivity contribution < 1.29 is 23.4 Å². The molecule has 0 bridgehead atoms. The summed E-state index contributed by atoms with van der Waals surface area (Å²) in [7, 11) is -3.98. The van der Waals surface area contributed by atoms with Gasteiger partial charge in [0.1, 0.15) is 11.8 Å². The quantitative estimate of drug-likeness (QED) is 0.718. The molecule has 0 spiro atoms. The van der Waals surface area contributed by atoms with Crippen LogP contribution < -0.4 is 4.72 Å². The first-order chi connectivity index (χ1) is 12.0. The SMILES string of the molecule is CC(C)(C)c1ccc(S(=O)(=O)NC(Cc2ccc(O)cc2)C(=O)O)cc1. The van der Waals surface area contributed by atoms with Gasteiger partial charge in [-0.3, -0.25) is 4.79 Å². The Labute approximate surface area is 153 Å². The van der Waals surface area contributed by atoms with Crippen molar-refractivity contribution in [2.24, 2.45) is 0 Å². The summed E-state index contributed by atoms with van der Waals surface area (Å²) in [6.45, 7) is 6.06. The zero-order chi connectivity index (χ0) is 19.5. The fraction of sp³-hybridized carbons (Fsp3) is 0.316. The van der Waals surface area contributed by atoms with Crippen LogP contribution in [0.1, 0.15) is 31.9 Å². The summed E-state index contributed by atoms with van der Waals surface area (Å²) >= 11 is 0. The van der Waals surface area contributed by atoms with Crippen LogP contribution in [0.3, 0.4) is 0 Å². The molecule has 2 aromatic rings. The molecule has 0 aromatic heterocycles.